The van der Waals surface area contributed by atoms with Gasteiger partial charge in [-0.3, -0.25) is 4.79 Å². The van der Waals surface area contributed by atoms with Crippen LogP contribution >= 0.6 is 0 Å². The summed E-state index contributed by atoms with van der Waals surface area (Å²) in [5, 5.41) is 2.81. The number of benzene rings is 1. The molecule has 0 atom stereocenters. The van der Waals surface area contributed by atoms with E-state index < -0.39 is 0 Å². The highest BCUT2D eigenvalue weighted by molar-refractivity contribution is 5.82. The van der Waals surface area contributed by atoms with Crippen LogP contribution in [0.5, 0.6) is 0 Å². The Labute approximate surface area is 117 Å². The molecule has 20 heavy (non-hydrogen) atoms. The van der Waals surface area contributed by atoms with Gasteiger partial charge >= 0.3 is 0 Å². The molecular formula is C15H17N3O2. The lowest BCUT2D eigenvalue weighted by Crippen LogP contribution is -2.47. The molecule has 1 amide bonds. The molecule has 1 N–H and O–H groups in total. The summed E-state index contributed by atoms with van der Waals surface area (Å²) >= 11 is 0. The highest BCUT2D eigenvalue weighted by Crippen LogP contribution is 2.44. The molecule has 0 bridgehead atoms. The quantitative estimate of drug-likeness (QED) is 0.666. The van der Waals surface area contributed by atoms with E-state index in [0.717, 1.165) is 37.1 Å². The first-order valence-electron chi connectivity index (χ1n) is 6.95. The lowest BCUT2D eigenvalue weighted by Gasteiger charge is -2.37. The van der Waals surface area contributed by atoms with Crippen molar-refractivity contribution in [2.45, 2.75) is 24.8 Å². The number of carbonyl (C=O) groups excluding carboxylic acids is 2. The Morgan fingerprint density at radius 3 is 2.55 bits per heavy atom. The first-order chi connectivity index (χ1) is 9.73. The van der Waals surface area contributed by atoms with Crippen LogP contribution in [-0.2, 0) is 15.1 Å². The molecule has 2 aliphatic rings. The van der Waals surface area contributed by atoms with E-state index in [0.29, 0.717) is 13.1 Å². The molecule has 3 rings (SSSR count). The summed E-state index contributed by atoms with van der Waals surface area (Å²) in [5.41, 5.74) is 1.75. The zero-order valence-electron chi connectivity index (χ0n) is 11.3. The summed E-state index contributed by atoms with van der Waals surface area (Å²) in [6, 6.07) is 8.05. The van der Waals surface area contributed by atoms with Crippen molar-refractivity contribution in [3.05, 3.63) is 29.8 Å². The molecule has 0 spiro atoms. The average molecular weight is 271 g/mol. The van der Waals surface area contributed by atoms with Gasteiger partial charge in [0.1, 0.15) is 0 Å². The molecule has 0 aromatic heterocycles. The van der Waals surface area contributed by atoms with Crippen LogP contribution in [0.2, 0.25) is 0 Å². The highest BCUT2D eigenvalue weighted by atomic mass is 16.2. The summed E-state index contributed by atoms with van der Waals surface area (Å²) < 4.78 is 0. The molecule has 1 heterocycles. The summed E-state index contributed by atoms with van der Waals surface area (Å²) in [6.07, 6.45) is 4.62. The van der Waals surface area contributed by atoms with Crippen molar-refractivity contribution >= 4 is 17.7 Å². The molecule has 1 aliphatic heterocycles. The fourth-order valence-corrected chi connectivity index (χ4v) is 2.91. The van der Waals surface area contributed by atoms with Crippen LogP contribution in [0.3, 0.4) is 0 Å². The Morgan fingerprint density at radius 2 is 2.00 bits per heavy atom. The number of rotatable bonds is 3. The number of isocyanates is 1. The van der Waals surface area contributed by atoms with Crippen LogP contribution in [0, 0.1) is 0 Å². The number of hydrogen-bond acceptors (Lipinski definition) is 4. The van der Waals surface area contributed by atoms with Gasteiger partial charge in [0.25, 0.3) is 0 Å². The molecule has 2 fully saturated rings. The number of anilines is 1. The Kier molecular flexibility index (Phi) is 3.28. The third-order valence-electron chi connectivity index (χ3n) is 4.25. The fraction of sp³-hybridized carbons (Fsp3) is 0.467. The van der Waals surface area contributed by atoms with Crippen LogP contribution in [0.25, 0.3) is 0 Å². The van der Waals surface area contributed by atoms with Crippen LogP contribution in [0.15, 0.2) is 29.3 Å². The van der Waals surface area contributed by atoms with Gasteiger partial charge in [-0.25, -0.2) is 4.79 Å². The van der Waals surface area contributed by atoms with Gasteiger partial charge in [0.2, 0.25) is 12.0 Å². The van der Waals surface area contributed by atoms with Crippen molar-refractivity contribution in [2.75, 3.05) is 24.5 Å². The van der Waals surface area contributed by atoms with Crippen molar-refractivity contribution < 1.29 is 9.59 Å². The molecule has 1 aliphatic carbocycles. The van der Waals surface area contributed by atoms with Gasteiger partial charge in [0, 0.05) is 18.8 Å². The molecule has 1 aromatic rings. The maximum absolute atomic E-state index is 11.4. The second kappa shape index (κ2) is 5.10. The van der Waals surface area contributed by atoms with Crippen molar-refractivity contribution in [1.29, 1.82) is 0 Å². The zero-order chi connectivity index (χ0) is 14.0. The van der Waals surface area contributed by atoms with Crippen molar-refractivity contribution in [2.24, 2.45) is 4.99 Å². The van der Waals surface area contributed by atoms with Crippen LogP contribution < -0.4 is 10.2 Å². The molecular weight excluding hydrogens is 254 g/mol. The van der Waals surface area contributed by atoms with Crippen molar-refractivity contribution in [3.63, 3.8) is 0 Å². The highest BCUT2D eigenvalue weighted by Gasteiger charge is 2.38. The summed E-state index contributed by atoms with van der Waals surface area (Å²) in [5.74, 6) is 0.0568. The van der Waals surface area contributed by atoms with Gasteiger partial charge in [-0.1, -0.05) is 12.1 Å². The number of amides is 1. The fourth-order valence-electron chi connectivity index (χ4n) is 2.91. The maximum atomic E-state index is 11.4. The van der Waals surface area contributed by atoms with Crippen molar-refractivity contribution in [3.8, 4) is 0 Å². The average Bonchev–Trinajstić information content (AvgIpc) is 2.43. The smallest absolute Gasteiger partial charge is 0.239 e. The molecule has 5 nitrogen and oxygen atoms in total. The van der Waals surface area contributed by atoms with Gasteiger partial charge in [-0.2, -0.15) is 4.99 Å². The normalized spacial score (nSPS) is 20.6. The second-order valence-electron chi connectivity index (χ2n) is 5.41. The van der Waals surface area contributed by atoms with E-state index in [1.165, 1.54) is 0 Å². The first-order valence-corrected chi connectivity index (χ1v) is 6.95. The standard InChI is InChI=1S/C15H17N3O2/c19-11-17-15(6-1-7-15)12-2-4-13(5-3-12)18-9-8-16-14(20)10-18/h2-5H,1,6-10H2,(H,16,20). The monoisotopic (exact) mass is 271 g/mol. The Morgan fingerprint density at radius 1 is 1.25 bits per heavy atom. The molecule has 1 aromatic carbocycles. The lowest BCUT2D eigenvalue weighted by atomic mass is 9.72. The van der Waals surface area contributed by atoms with E-state index in [1.54, 1.807) is 6.08 Å². The molecule has 1 saturated heterocycles. The van der Waals surface area contributed by atoms with E-state index >= 15 is 0 Å². The van der Waals surface area contributed by atoms with Gasteiger partial charge in [-0.15, -0.1) is 0 Å². The predicted octanol–water partition coefficient (Wildman–Crippen LogP) is 1.34. The number of carbonyl (C=O) groups is 1. The predicted molar refractivity (Wildman–Crippen MR) is 75.3 cm³/mol. The van der Waals surface area contributed by atoms with E-state index in [9.17, 15) is 9.59 Å². The third kappa shape index (κ3) is 2.21. The molecule has 0 unspecified atom stereocenters. The van der Waals surface area contributed by atoms with Gasteiger partial charge in [0.05, 0.1) is 12.1 Å². The van der Waals surface area contributed by atoms with Crippen LogP contribution in [0.4, 0.5) is 5.69 Å². The largest absolute Gasteiger partial charge is 0.360 e. The number of piperazine rings is 1. The molecule has 104 valence electrons. The van der Waals surface area contributed by atoms with E-state index in [4.69, 9.17) is 0 Å². The SMILES string of the molecule is O=C=NC1(c2ccc(N3CCNC(=O)C3)cc2)CCC1. The number of aliphatic imine (C=N–C) groups is 1. The van der Waals surface area contributed by atoms with Gasteiger partial charge in [0.15, 0.2) is 0 Å². The molecule has 0 radical (unpaired) electrons. The van der Waals surface area contributed by atoms with Crippen LogP contribution in [0.1, 0.15) is 24.8 Å². The number of hydrogen-bond donors (Lipinski definition) is 1. The first kappa shape index (κ1) is 12.9. The summed E-state index contributed by atoms with van der Waals surface area (Å²) in [6.45, 7) is 1.90. The minimum Gasteiger partial charge on any atom is -0.360 e. The summed E-state index contributed by atoms with van der Waals surface area (Å²) in [7, 11) is 0. The number of nitrogens with one attached hydrogen (secondary N) is 1. The Bertz CT molecular complexity index is 557. The maximum Gasteiger partial charge on any atom is 0.239 e. The minimum atomic E-state index is -0.348. The molecule has 5 heteroatoms. The topological polar surface area (TPSA) is 61.8 Å². The second-order valence-corrected chi connectivity index (χ2v) is 5.41. The van der Waals surface area contributed by atoms with E-state index in [2.05, 4.69) is 15.2 Å². The van der Waals surface area contributed by atoms with Crippen molar-refractivity contribution in [1.82, 2.24) is 5.32 Å². The van der Waals surface area contributed by atoms with Gasteiger partial charge < -0.3 is 10.2 Å². The van der Waals surface area contributed by atoms with E-state index in [-0.39, 0.29) is 11.4 Å². The van der Waals surface area contributed by atoms with E-state index in [1.807, 2.05) is 24.3 Å². The zero-order valence-corrected chi connectivity index (χ0v) is 11.3. The van der Waals surface area contributed by atoms with Crippen LogP contribution in [-0.4, -0.2) is 31.6 Å². The summed E-state index contributed by atoms with van der Waals surface area (Å²) in [4.78, 5) is 28.1. The number of nitrogens with zero attached hydrogens (tertiary/aromatic N) is 2. The Balaban J connectivity index is 1.80. The molecule has 1 saturated carbocycles. The third-order valence-corrected chi connectivity index (χ3v) is 4.25. The lowest BCUT2D eigenvalue weighted by molar-refractivity contribution is -0.120. The minimum absolute atomic E-state index is 0.0568. The van der Waals surface area contributed by atoms with Gasteiger partial charge in [-0.05, 0) is 37.0 Å². The Hall–Kier alpha value is -2.13.